The number of likely N-dealkylation sites (tertiary alicyclic amines) is 1. The number of unbranched alkanes of at least 4 members (excludes halogenated alkanes) is 3. The van der Waals surface area contributed by atoms with E-state index in [9.17, 15) is 14.2 Å². The van der Waals surface area contributed by atoms with Gasteiger partial charge >= 0.3 is 14.0 Å². The summed E-state index contributed by atoms with van der Waals surface area (Å²) in [6.45, 7) is 1.44. The maximum Gasteiger partial charge on any atom is 0.518 e. The Morgan fingerprint density at radius 1 is 1.29 bits per heavy atom. The van der Waals surface area contributed by atoms with Crippen LogP contribution >= 0.6 is 8.03 Å². The van der Waals surface area contributed by atoms with E-state index in [1.54, 1.807) is 0 Å². The number of carboxylic acid groups (broad SMARTS) is 1. The molecule has 8 heteroatoms. The van der Waals surface area contributed by atoms with Crippen LogP contribution in [0.4, 0.5) is 0 Å². The van der Waals surface area contributed by atoms with Crippen molar-refractivity contribution in [2.24, 2.45) is 5.73 Å². The maximum absolute atomic E-state index is 11.9. The molecular formula is C13H24N2O5P+. The number of carbonyl (C=O) groups excluding carboxylic acids is 1. The predicted molar refractivity (Wildman–Crippen MR) is 78.3 cm³/mol. The molecule has 0 aromatic rings. The summed E-state index contributed by atoms with van der Waals surface area (Å²) in [5, 5.41) is 9.00. The van der Waals surface area contributed by atoms with Crippen LogP contribution in [0, 0.1) is 0 Å². The summed E-state index contributed by atoms with van der Waals surface area (Å²) in [4.78, 5) is 24.2. The minimum absolute atomic E-state index is 0.234. The molecule has 1 rings (SSSR count). The normalized spacial score (nSPS) is 18.8. The van der Waals surface area contributed by atoms with Gasteiger partial charge in [0, 0.05) is 6.54 Å². The summed E-state index contributed by atoms with van der Waals surface area (Å²) in [5.41, 5.74) is 5.38. The Kier molecular flexibility index (Phi) is 8.42. The monoisotopic (exact) mass is 319 g/mol. The molecule has 120 valence electrons. The van der Waals surface area contributed by atoms with Gasteiger partial charge in [0.1, 0.15) is 12.6 Å². The fraction of sp³-hybridized carbons (Fsp3) is 0.846. The molecule has 0 bridgehead atoms. The van der Waals surface area contributed by atoms with Crippen LogP contribution in [-0.4, -0.2) is 53.8 Å². The van der Waals surface area contributed by atoms with Crippen LogP contribution in [0.5, 0.6) is 0 Å². The standard InChI is InChI=1S/C13H23N2O5P/c14-7-3-1-2-4-9-20-21(19)10-12(16)15-8-5-6-11(15)13(17)18/h11H,1-10,14H2/p+1/t11-/m0/s1. The fourth-order valence-electron chi connectivity index (χ4n) is 2.34. The molecule has 1 amide bonds. The van der Waals surface area contributed by atoms with E-state index < -0.39 is 25.9 Å². The minimum Gasteiger partial charge on any atom is -0.480 e. The number of hydrogen-bond acceptors (Lipinski definition) is 5. The van der Waals surface area contributed by atoms with E-state index in [-0.39, 0.29) is 6.16 Å². The van der Waals surface area contributed by atoms with Crippen LogP contribution in [0.2, 0.25) is 0 Å². The van der Waals surface area contributed by atoms with Crippen molar-refractivity contribution < 1.29 is 23.8 Å². The fourth-order valence-corrected chi connectivity index (χ4v) is 3.16. The van der Waals surface area contributed by atoms with Crippen molar-refractivity contribution in [1.29, 1.82) is 0 Å². The first kappa shape index (κ1) is 18.0. The highest BCUT2D eigenvalue weighted by atomic mass is 31.1. The van der Waals surface area contributed by atoms with E-state index in [1.165, 1.54) is 4.90 Å². The number of rotatable bonds is 10. The number of nitrogens with zero attached hydrogens (tertiary/aromatic N) is 1. The van der Waals surface area contributed by atoms with Crippen molar-refractivity contribution in [1.82, 2.24) is 4.90 Å². The molecule has 3 N–H and O–H groups in total. The maximum atomic E-state index is 11.9. The summed E-state index contributed by atoms with van der Waals surface area (Å²) in [6.07, 6.45) is 4.63. The number of nitrogens with two attached hydrogens (primary N) is 1. The molecule has 2 atom stereocenters. The molecule has 7 nitrogen and oxygen atoms in total. The van der Waals surface area contributed by atoms with E-state index >= 15 is 0 Å². The van der Waals surface area contributed by atoms with Crippen molar-refractivity contribution in [2.75, 3.05) is 25.9 Å². The lowest BCUT2D eigenvalue weighted by Gasteiger charge is -2.18. The lowest BCUT2D eigenvalue weighted by molar-refractivity contribution is -0.147. The third-order valence-corrected chi connectivity index (χ3v) is 4.46. The highest BCUT2D eigenvalue weighted by Crippen LogP contribution is 2.26. The first-order valence-electron chi connectivity index (χ1n) is 7.36. The number of aliphatic carboxylic acids is 1. The van der Waals surface area contributed by atoms with Gasteiger partial charge in [-0.1, -0.05) is 12.8 Å². The Balaban J connectivity index is 2.21. The minimum atomic E-state index is -2.06. The van der Waals surface area contributed by atoms with Gasteiger partial charge in [-0.15, -0.1) is 4.52 Å². The van der Waals surface area contributed by atoms with Crippen LogP contribution in [0.25, 0.3) is 0 Å². The average molecular weight is 319 g/mol. The topological polar surface area (TPSA) is 110 Å². The zero-order valence-corrected chi connectivity index (χ0v) is 13.1. The van der Waals surface area contributed by atoms with Crippen LogP contribution in [0.15, 0.2) is 0 Å². The Hall–Kier alpha value is -1.04. The zero-order valence-electron chi connectivity index (χ0n) is 12.2. The van der Waals surface area contributed by atoms with E-state index in [0.717, 1.165) is 25.7 Å². The van der Waals surface area contributed by atoms with Gasteiger partial charge in [0.15, 0.2) is 0 Å². The Bertz CT molecular complexity index is 378. The summed E-state index contributed by atoms with van der Waals surface area (Å²) < 4.78 is 16.8. The van der Waals surface area contributed by atoms with Gasteiger partial charge in [0.25, 0.3) is 12.1 Å². The number of carbonyl (C=O) groups is 2. The number of amides is 1. The van der Waals surface area contributed by atoms with Crippen LogP contribution in [0.1, 0.15) is 38.5 Å². The van der Waals surface area contributed by atoms with Crippen LogP contribution in [-0.2, 0) is 18.7 Å². The van der Waals surface area contributed by atoms with Crippen molar-refractivity contribution in [3.05, 3.63) is 0 Å². The Morgan fingerprint density at radius 2 is 2.00 bits per heavy atom. The molecule has 1 heterocycles. The molecule has 0 radical (unpaired) electrons. The smallest absolute Gasteiger partial charge is 0.480 e. The molecular weight excluding hydrogens is 295 g/mol. The second-order valence-electron chi connectivity index (χ2n) is 5.11. The SMILES string of the molecule is NCCCCCCO[P+](=O)CC(=O)N1CCC[C@H]1C(=O)O. The molecule has 1 saturated heterocycles. The largest absolute Gasteiger partial charge is 0.518 e. The van der Waals surface area contributed by atoms with Gasteiger partial charge in [-0.3, -0.25) is 4.79 Å². The van der Waals surface area contributed by atoms with Crippen LogP contribution in [0.3, 0.4) is 0 Å². The number of carboxylic acids is 1. The molecule has 0 spiro atoms. The molecule has 21 heavy (non-hydrogen) atoms. The summed E-state index contributed by atoms with van der Waals surface area (Å²) >= 11 is 0. The van der Waals surface area contributed by atoms with Crippen molar-refractivity contribution in [2.45, 2.75) is 44.6 Å². The lowest BCUT2D eigenvalue weighted by Crippen LogP contribution is -2.41. The quantitative estimate of drug-likeness (QED) is 0.464. The summed E-state index contributed by atoms with van der Waals surface area (Å²) in [5.74, 6) is -1.40. The van der Waals surface area contributed by atoms with Crippen LogP contribution < -0.4 is 5.73 Å². The zero-order chi connectivity index (χ0) is 15.7. The first-order chi connectivity index (χ1) is 10.1. The molecule has 0 aliphatic carbocycles. The molecule has 0 aromatic heterocycles. The Morgan fingerprint density at radius 3 is 2.67 bits per heavy atom. The first-order valence-corrected chi connectivity index (χ1v) is 8.72. The van der Waals surface area contributed by atoms with E-state index in [2.05, 4.69) is 0 Å². The molecule has 1 unspecified atom stereocenters. The van der Waals surface area contributed by atoms with Crippen molar-refractivity contribution in [3.63, 3.8) is 0 Å². The lowest BCUT2D eigenvalue weighted by atomic mass is 10.2. The second kappa shape index (κ2) is 9.82. The summed E-state index contributed by atoms with van der Waals surface area (Å²) in [7, 11) is -2.06. The van der Waals surface area contributed by atoms with Crippen molar-refractivity contribution in [3.8, 4) is 0 Å². The summed E-state index contributed by atoms with van der Waals surface area (Å²) in [6, 6.07) is -0.780. The van der Waals surface area contributed by atoms with E-state index in [0.29, 0.717) is 32.5 Å². The third kappa shape index (κ3) is 6.50. The third-order valence-electron chi connectivity index (χ3n) is 3.46. The van der Waals surface area contributed by atoms with Gasteiger partial charge < -0.3 is 15.7 Å². The molecule has 1 aliphatic rings. The van der Waals surface area contributed by atoms with Crippen molar-refractivity contribution >= 4 is 19.9 Å². The molecule has 1 aliphatic heterocycles. The Labute approximate surface area is 125 Å². The van der Waals surface area contributed by atoms with Gasteiger partial charge in [0.05, 0.1) is 0 Å². The second-order valence-corrected chi connectivity index (χ2v) is 6.35. The molecule has 0 aromatic carbocycles. The average Bonchev–Trinajstić information content (AvgIpc) is 2.92. The van der Waals surface area contributed by atoms with Gasteiger partial charge in [0.2, 0.25) is 0 Å². The van der Waals surface area contributed by atoms with E-state index in [4.69, 9.17) is 15.4 Å². The molecule has 0 saturated carbocycles. The molecule has 1 fully saturated rings. The van der Waals surface area contributed by atoms with Gasteiger partial charge in [-0.25, -0.2) is 4.79 Å². The van der Waals surface area contributed by atoms with E-state index in [1.807, 2.05) is 0 Å². The van der Waals surface area contributed by atoms with Gasteiger partial charge in [-0.05, 0) is 36.8 Å². The predicted octanol–water partition coefficient (Wildman–Crippen LogP) is 1.34. The van der Waals surface area contributed by atoms with Gasteiger partial charge in [-0.2, -0.15) is 0 Å². The highest BCUT2D eigenvalue weighted by Gasteiger charge is 2.37. The highest BCUT2D eigenvalue weighted by molar-refractivity contribution is 7.40. The number of hydrogen-bond donors (Lipinski definition) is 2.